The van der Waals surface area contributed by atoms with E-state index in [1.54, 1.807) is 25.1 Å². The van der Waals surface area contributed by atoms with Gasteiger partial charge in [0.25, 0.3) is 5.91 Å². The molecule has 116 valence electrons. The maximum atomic E-state index is 12.6. The van der Waals surface area contributed by atoms with E-state index < -0.39 is 11.6 Å². The van der Waals surface area contributed by atoms with Gasteiger partial charge in [-0.2, -0.15) is 5.26 Å². The van der Waals surface area contributed by atoms with E-state index in [0.29, 0.717) is 17.1 Å². The third kappa shape index (κ3) is 2.44. The Bertz CT molecular complexity index is 653. The van der Waals surface area contributed by atoms with Gasteiger partial charge in [0.05, 0.1) is 26.7 Å². The van der Waals surface area contributed by atoms with Gasteiger partial charge in [0.2, 0.25) is 0 Å². The number of hydrogen-bond acceptors (Lipinski definition) is 5. The molecule has 1 heterocycles. The molecule has 22 heavy (non-hydrogen) atoms. The second-order valence-corrected chi connectivity index (χ2v) is 4.99. The number of imide groups is 1. The zero-order valence-corrected chi connectivity index (χ0v) is 12.7. The van der Waals surface area contributed by atoms with Gasteiger partial charge in [0.15, 0.2) is 11.5 Å². The van der Waals surface area contributed by atoms with Gasteiger partial charge < -0.3 is 14.8 Å². The lowest BCUT2D eigenvalue weighted by atomic mass is 9.91. The van der Waals surface area contributed by atoms with E-state index in [2.05, 4.69) is 5.32 Å². The fourth-order valence-electron chi connectivity index (χ4n) is 2.40. The van der Waals surface area contributed by atoms with Crippen LogP contribution in [-0.4, -0.2) is 37.6 Å². The molecule has 0 spiro atoms. The second kappa shape index (κ2) is 5.93. The van der Waals surface area contributed by atoms with Crippen LogP contribution in [-0.2, 0) is 10.3 Å². The lowest BCUT2D eigenvalue weighted by Gasteiger charge is -2.23. The maximum Gasteiger partial charge on any atom is 0.325 e. The van der Waals surface area contributed by atoms with Crippen LogP contribution in [0.4, 0.5) is 4.79 Å². The van der Waals surface area contributed by atoms with Crippen LogP contribution in [0.2, 0.25) is 0 Å². The molecule has 3 amide bonds. The standard InChI is InChI=1S/C15H17N3O4/c1-15(10-5-6-11(21-2)12(9-10)22-3)13(19)18(8-4-7-16)14(20)17-15/h5-6,9H,4,8H2,1-3H3,(H,17,20). The van der Waals surface area contributed by atoms with E-state index in [0.717, 1.165) is 4.90 Å². The maximum absolute atomic E-state index is 12.6. The Morgan fingerprint density at radius 2 is 1.95 bits per heavy atom. The van der Waals surface area contributed by atoms with Crippen molar-refractivity contribution in [2.45, 2.75) is 18.9 Å². The molecular formula is C15H17N3O4. The van der Waals surface area contributed by atoms with Crippen LogP contribution >= 0.6 is 0 Å². The zero-order valence-electron chi connectivity index (χ0n) is 12.7. The van der Waals surface area contributed by atoms with Crippen LogP contribution in [0.5, 0.6) is 11.5 Å². The number of hydrogen-bond donors (Lipinski definition) is 1. The summed E-state index contributed by atoms with van der Waals surface area (Å²) in [4.78, 5) is 25.6. The Balaban J connectivity index is 2.37. The highest BCUT2D eigenvalue weighted by Crippen LogP contribution is 2.35. The summed E-state index contributed by atoms with van der Waals surface area (Å²) in [6.45, 7) is 1.70. The number of nitrogens with one attached hydrogen (secondary N) is 1. The van der Waals surface area contributed by atoms with Crippen molar-refractivity contribution in [2.24, 2.45) is 0 Å². The van der Waals surface area contributed by atoms with E-state index in [1.165, 1.54) is 14.2 Å². The number of carbonyl (C=O) groups is 2. The number of nitriles is 1. The van der Waals surface area contributed by atoms with Gasteiger partial charge in [0.1, 0.15) is 5.54 Å². The van der Waals surface area contributed by atoms with Crippen molar-refractivity contribution in [3.05, 3.63) is 23.8 Å². The van der Waals surface area contributed by atoms with E-state index in [1.807, 2.05) is 6.07 Å². The largest absolute Gasteiger partial charge is 0.493 e. The minimum atomic E-state index is -1.19. The summed E-state index contributed by atoms with van der Waals surface area (Å²) in [5.41, 5.74) is -0.602. The lowest BCUT2D eigenvalue weighted by molar-refractivity contribution is -0.131. The number of benzene rings is 1. The van der Waals surface area contributed by atoms with Gasteiger partial charge in [-0.25, -0.2) is 4.79 Å². The molecule has 1 saturated heterocycles. The summed E-state index contributed by atoms with van der Waals surface area (Å²) < 4.78 is 10.4. The van der Waals surface area contributed by atoms with Crippen molar-refractivity contribution < 1.29 is 19.1 Å². The summed E-state index contributed by atoms with van der Waals surface area (Å²) in [6, 6.07) is 6.46. The SMILES string of the molecule is COc1ccc(C2(C)NC(=O)N(CCC#N)C2=O)cc1OC. The molecule has 1 atom stereocenters. The predicted molar refractivity (Wildman–Crippen MR) is 77.4 cm³/mol. The topological polar surface area (TPSA) is 91.7 Å². The van der Waals surface area contributed by atoms with E-state index in [4.69, 9.17) is 14.7 Å². The molecule has 0 aromatic heterocycles. The summed E-state index contributed by atoms with van der Waals surface area (Å²) in [7, 11) is 3.02. The fourth-order valence-corrected chi connectivity index (χ4v) is 2.40. The Hall–Kier alpha value is -2.75. The minimum Gasteiger partial charge on any atom is -0.493 e. The molecule has 1 fully saturated rings. The van der Waals surface area contributed by atoms with Crippen molar-refractivity contribution in [1.29, 1.82) is 5.26 Å². The summed E-state index contributed by atoms with van der Waals surface area (Å²) in [6.07, 6.45) is 0.0984. The first-order chi connectivity index (χ1) is 10.5. The van der Waals surface area contributed by atoms with Gasteiger partial charge in [-0.1, -0.05) is 6.07 Å². The normalized spacial score (nSPS) is 20.5. The molecule has 7 heteroatoms. The summed E-state index contributed by atoms with van der Waals surface area (Å²) >= 11 is 0. The van der Waals surface area contributed by atoms with Crippen molar-refractivity contribution in [3.8, 4) is 17.6 Å². The number of urea groups is 1. The molecule has 1 aromatic carbocycles. The average molecular weight is 303 g/mol. The molecule has 1 aliphatic heterocycles. The van der Waals surface area contributed by atoms with Gasteiger partial charge in [0, 0.05) is 6.54 Å². The van der Waals surface area contributed by atoms with E-state index >= 15 is 0 Å². The van der Waals surface area contributed by atoms with Crippen LogP contribution in [0.1, 0.15) is 18.9 Å². The van der Waals surface area contributed by atoms with Crippen molar-refractivity contribution in [1.82, 2.24) is 10.2 Å². The van der Waals surface area contributed by atoms with E-state index in [-0.39, 0.29) is 18.9 Å². The highest BCUT2D eigenvalue weighted by Gasteiger charge is 2.48. The lowest BCUT2D eigenvalue weighted by Crippen LogP contribution is -2.41. The highest BCUT2D eigenvalue weighted by atomic mass is 16.5. The number of amides is 3. The number of carbonyl (C=O) groups excluding carboxylic acids is 2. The van der Waals surface area contributed by atoms with Crippen LogP contribution in [0, 0.1) is 11.3 Å². The fraction of sp³-hybridized carbons (Fsp3) is 0.400. The Kier molecular flexibility index (Phi) is 4.22. The molecule has 1 aliphatic rings. The van der Waals surface area contributed by atoms with Gasteiger partial charge in [-0.05, 0) is 24.6 Å². The minimum absolute atomic E-state index is 0.0735. The van der Waals surface area contributed by atoms with Crippen LogP contribution < -0.4 is 14.8 Å². The molecule has 0 saturated carbocycles. The average Bonchev–Trinajstić information content (AvgIpc) is 2.75. The van der Waals surface area contributed by atoms with Gasteiger partial charge >= 0.3 is 6.03 Å². The Morgan fingerprint density at radius 1 is 1.27 bits per heavy atom. The third-order valence-corrected chi connectivity index (χ3v) is 3.68. The summed E-state index contributed by atoms with van der Waals surface area (Å²) in [5, 5.41) is 11.3. The third-order valence-electron chi connectivity index (χ3n) is 3.68. The second-order valence-electron chi connectivity index (χ2n) is 4.99. The molecule has 7 nitrogen and oxygen atoms in total. The monoisotopic (exact) mass is 303 g/mol. The van der Waals surface area contributed by atoms with Crippen molar-refractivity contribution in [2.75, 3.05) is 20.8 Å². The van der Waals surface area contributed by atoms with E-state index in [9.17, 15) is 9.59 Å². The number of nitrogens with zero attached hydrogens (tertiary/aromatic N) is 2. The Morgan fingerprint density at radius 3 is 2.55 bits per heavy atom. The number of rotatable bonds is 5. The Labute approximate surface area is 128 Å². The molecule has 1 N–H and O–H groups in total. The predicted octanol–water partition coefficient (Wildman–Crippen LogP) is 1.38. The molecule has 2 rings (SSSR count). The van der Waals surface area contributed by atoms with Crippen LogP contribution in [0.15, 0.2) is 18.2 Å². The van der Waals surface area contributed by atoms with Crippen molar-refractivity contribution >= 4 is 11.9 Å². The molecular weight excluding hydrogens is 286 g/mol. The molecule has 1 unspecified atom stereocenters. The highest BCUT2D eigenvalue weighted by molar-refractivity contribution is 6.07. The first-order valence-electron chi connectivity index (χ1n) is 6.71. The van der Waals surface area contributed by atoms with Gasteiger partial charge in [-0.3, -0.25) is 9.69 Å². The zero-order chi connectivity index (χ0) is 16.3. The quantitative estimate of drug-likeness (QED) is 0.830. The summed E-state index contributed by atoms with van der Waals surface area (Å²) in [5.74, 6) is 0.617. The van der Waals surface area contributed by atoms with Crippen LogP contribution in [0.3, 0.4) is 0 Å². The molecule has 0 bridgehead atoms. The number of methoxy groups -OCH3 is 2. The van der Waals surface area contributed by atoms with Gasteiger partial charge in [-0.15, -0.1) is 0 Å². The molecule has 1 aromatic rings. The number of ether oxygens (including phenoxy) is 2. The smallest absolute Gasteiger partial charge is 0.325 e. The van der Waals surface area contributed by atoms with Crippen molar-refractivity contribution in [3.63, 3.8) is 0 Å². The first-order valence-corrected chi connectivity index (χ1v) is 6.71. The first kappa shape index (κ1) is 15.6. The molecule has 0 aliphatic carbocycles. The molecule has 0 radical (unpaired) electrons. The van der Waals surface area contributed by atoms with Crippen LogP contribution in [0.25, 0.3) is 0 Å².